The molecule has 0 rings (SSSR count). The molecule has 0 unspecified atom stereocenters. The van der Waals surface area contributed by atoms with Crippen LogP contribution < -0.4 is 11.1 Å². The van der Waals surface area contributed by atoms with Gasteiger partial charge in [-0.3, -0.25) is 9.59 Å². The number of carbonyl (C=O) groups is 2. The first kappa shape index (κ1) is 13.7. The molecule has 0 aromatic heterocycles. The molecule has 7 heteroatoms. The highest BCUT2D eigenvalue weighted by Crippen LogP contribution is 2.13. The molecule has 2 amide bonds. The van der Waals surface area contributed by atoms with Crippen molar-refractivity contribution in [1.82, 2.24) is 5.32 Å². The SMILES string of the molecule is NC(=O)CCCCCNC(=O)C(F)(F)F. The molecule has 0 aromatic carbocycles. The Hall–Kier alpha value is -1.27. The first-order chi connectivity index (χ1) is 6.84. The van der Waals surface area contributed by atoms with Gasteiger partial charge < -0.3 is 11.1 Å². The molecule has 0 aliphatic carbocycles. The maximum absolute atomic E-state index is 11.7. The predicted octanol–water partition coefficient (Wildman–Crippen LogP) is 0.711. The van der Waals surface area contributed by atoms with Gasteiger partial charge in [0.15, 0.2) is 0 Å². The van der Waals surface area contributed by atoms with E-state index in [0.29, 0.717) is 19.3 Å². The van der Waals surface area contributed by atoms with E-state index in [1.54, 1.807) is 5.32 Å². The number of rotatable bonds is 6. The molecule has 88 valence electrons. The van der Waals surface area contributed by atoms with Crippen LogP contribution in [-0.2, 0) is 9.59 Å². The van der Waals surface area contributed by atoms with Crippen molar-refractivity contribution < 1.29 is 22.8 Å². The van der Waals surface area contributed by atoms with Crippen LogP contribution in [0.1, 0.15) is 25.7 Å². The molecule has 0 saturated carbocycles. The van der Waals surface area contributed by atoms with E-state index in [0.717, 1.165) is 0 Å². The van der Waals surface area contributed by atoms with Crippen LogP contribution in [0.4, 0.5) is 13.2 Å². The zero-order chi connectivity index (χ0) is 11.9. The Bertz CT molecular complexity index is 228. The lowest BCUT2D eigenvalue weighted by Gasteiger charge is -2.07. The van der Waals surface area contributed by atoms with E-state index in [-0.39, 0.29) is 13.0 Å². The summed E-state index contributed by atoms with van der Waals surface area (Å²) < 4.78 is 35.0. The van der Waals surface area contributed by atoms with Crippen molar-refractivity contribution in [2.45, 2.75) is 31.9 Å². The smallest absolute Gasteiger partial charge is 0.370 e. The Kier molecular flexibility index (Phi) is 5.73. The highest BCUT2D eigenvalue weighted by Gasteiger charge is 2.38. The van der Waals surface area contributed by atoms with Crippen LogP contribution in [0.3, 0.4) is 0 Å². The zero-order valence-electron chi connectivity index (χ0n) is 8.06. The number of hydrogen-bond donors (Lipinski definition) is 2. The molecule has 0 aromatic rings. The van der Waals surface area contributed by atoms with E-state index in [9.17, 15) is 22.8 Å². The van der Waals surface area contributed by atoms with E-state index in [1.807, 2.05) is 0 Å². The van der Waals surface area contributed by atoms with Crippen LogP contribution in [0.2, 0.25) is 0 Å². The largest absolute Gasteiger partial charge is 0.471 e. The van der Waals surface area contributed by atoms with Gasteiger partial charge in [0.2, 0.25) is 5.91 Å². The van der Waals surface area contributed by atoms with Crippen LogP contribution in [-0.4, -0.2) is 24.5 Å². The number of carbonyl (C=O) groups excluding carboxylic acids is 2. The van der Waals surface area contributed by atoms with E-state index < -0.39 is 18.0 Å². The molecule has 0 radical (unpaired) electrons. The summed E-state index contributed by atoms with van der Waals surface area (Å²) in [6.45, 7) is -0.0445. The Balaban J connectivity index is 3.40. The van der Waals surface area contributed by atoms with Crippen molar-refractivity contribution in [2.24, 2.45) is 5.73 Å². The number of primary amides is 1. The molecule has 4 nitrogen and oxygen atoms in total. The average molecular weight is 226 g/mol. The fourth-order valence-corrected chi connectivity index (χ4v) is 0.903. The van der Waals surface area contributed by atoms with E-state index in [1.165, 1.54) is 0 Å². The van der Waals surface area contributed by atoms with E-state index in [2.05, 4.69) is 0 Å². The fraction of sp³-hybridized carbons (Fsp3) is 0.750. The quantitative estimate of drug-likeness (QED) is 0.655. The second-order valence-corrected chi connectivity index (χ2v) is 3.03. The predicted molar refractivity (Wildman–Crippen MR) is 46.7 cm³/mol. The Labute approximate surface area is 85.0 Å². The minimum atomic E-state index is -4.83. The zero-order valence-corrected chi connectivity index (χ0v) is 8.06. The molecule has 0 atom stereocenters. The Morgan fingerprint density at radius 1 is 1.13 bits per heavy atom. The van der Waals surface area contributed by atoms with Crippen molar-refractivity contribution in [2.75, 3.05) is 6.54 Å². The van der Waals surface area contributed by atoms with Crippen LogP contribution in [0.25, 0.3) is 0 Å². The van der Waals surface area contributed by atoms with Gasteiger partial charge in [-0.15, -0.1) is 0 Å². The Morgan fingerprint density at radius 3 is 2.20 bits per heavy atom. The average Bonchev–Trinajstić information content (AvgIpc) is 2.08. The molecule has 0 aliphatic rings. The number of nitrogens with two attached hydrogens (primary N) is 1. The van der Waals surface area contributed by atoms with Gasteiger partial charge in [0.25, 0.3) is 0 Å². The highest BCUT2D eigenvalue weighted by atomic mass is 19.4. The van der Waals surface area contributed by atoms with E-state index in [4.69, 9.17) is 5.73 Å². The van der Waals surface area contributed by atoms with Crippen LogP contribution in [0.15, 0.2) is 0 Å². The summed E-state index contributed by atoms with van der Waals surface area (Å²) in [5.41, 5.74) is 4.86. The Morgan fingerprint density at radius 2 is 1.73 bits per heavy atom. The van der Waals surface area contributed by atoms with Gasteiger partial charge in [0, 0.05) is 13.0 Å². The second kappa shape index (κ2) is 6.26. The van der Waals surface area contributed by atoms with Gasteiger partial charge in [-0.25, -0.2) is 0 Å². The van der Waals surface area contributed by atoms with Crippen molar-refractivity contribution in [3.63, 3.8) is 0 Å². The van der Waals surface area contributed by atoms with Gasteiger partial charge in [0.05, 0.1) is 0 Å². The third-order valence-corrected chi connectivity index (χ3v) is 1.64. The molecule has 0 fully saturated rings. The monoisotopic (exact) mass is 226 g/mol. The summed E-state index contributed by atoms with van der Waals surface area (Å²) in [5, 5.41) is 1.73. The topological polar surface area (TPSA) is 72.2 Å². The van der Waals surface area contributed by atoms with Crippen molar-refractivity contribution >= 4 is 11.8 Å². The third-order valence-electron chi connectivity index (χ3n) is 1.64. The summed E-state index contributed by atoms with van der Waals surface area (Å²) in [6, 6.07) is 0. The second-order valence-electron chi connectivity index (χ2n) is 3.03. The molecule has 0 aliphatic heterocycles. The third kappa shape index (κ3) is 7.77. The molecular weight excluding hydrogens is 213 g/mol. The van der Waals surface area contributed by atoms with Gasteiger partial charge in [-0.1, -0.05) is 6.42 Å². The van der Waals surface area contributed by atoms with E-state index >= 15 is 0 Å². The lowest BCUT2D eigenvalue weighted by Crippen LogP contribution is -2.37. The van der Waals surface area contributed by atoms with Crippen molar-refractivity contribution in [3.8, 4) is 0 Å². The minimum absolute atomic E-state index is 0.0445. The van der Waals surface area contributed by atoms with Gasteiger partial charge >= 0.3 is 12.1 Å². The first-order valence-corrected chi connectivity index (χ1v) is 4.47. The van der Waals surface area contributed by atoms with Crippen LogP contribution in [0.5, 0.6) is 0 Å². The number of unbranched alkanes of at least 4 members (excludes halogenated alkanes) is 2. The van der Waals surface area contributed by atoms with Crippen LogP contribution >= 0.6 is 0 Å². The lowest BCUT2D eigenvalue weighted by atomic mass is 10.2. The molecule has 0 saturated heterocycles. The molecule has 3 N–H and O–H groups in total. The summed E-state index contributed by atoms with van der Waals surface area (Å²) in [4.78, 5) is 20.6. The van der Waals surface area contributed by atoms with Gasteiger partial charge in [-0.2, -0.15) is 13.2 Å². The standard InChI is InChI=1S/C8H13F3N2O2/c9-8(10,11)7(15)13-5-3-1-2-4-6(12)14/h1-5H2,(H2,12,14)(H,13,15). The van der Waals surface area contributed by atoms with Gasteiger partial charge in [0.1, 0.15) is 0 Å². The lowest BCUT2D eigenvalue weighted by molar-refractivity contribution is -0.173. The molecular formula is C8H13F3N2O2. The summed E-state index contributed by atoms with van der Waals surface area (Å²) in [6.07, 6.45) is -3.13. The number of hydrogen-bond acceptors (Lipinski definition) is 2. The number of nitrogens with one attached hydrogen (secondary N) is 1. The maximum Gasteiger partial charge on any atom is 0.471 e. The molecule has 0 spiro atoms. The van der Waals surface area contributed by atoms with Gasteiger partial charge in [-0.05, 0) is 12.8 Å². The molecule has 15 heavy (non-hydrogen) atoms. The normalized spacial score (nSPS) is 11.1. The first-order valence-electron chi connectivity index (χ1n) is 4.47. The fourth-order valence-electron chi connectivity index (χ4n) is 0.903. The van der Waals surface area contributed by atoms with Crippen molar-refractivity contribution in [3.05, 3.63) is 0 Å². The summed E-state index contributed by atoms with van der Waals surface area (Å²) >= 11 is 0. The summed E-state index contributed by atoms with van der Waals surface area (Å²) in [7, 11) is 0. The minimum Gasteiger partial charge on any atom is -0.370 e. The molecule has 0 heterocycles. The van der Waals surface area contributed by atoms with Crippen LogP contribution in [0, 0.1) is 0 Å². The summed E-state index contributed by atoms with van der Waals surface area (Å²) in [5.74, 6) is -2.37. The highest BCUT2D eigenvalue weighted by molar-refractivity contribution is 5.81. The maximum atomic E-state index is 11.7. The number of halogens is 3. The number of amides is 2. The molecule has 0 bridgehead atoms. The van der Waals surface area contributed by atoms with Crippen molar-refractivity contribution in [1.29, 1.82) is 0 Å². The number of alkyl halides is 3.